The maximum Gasteiger partial charge on any atom is 0.324 e. The lowest BCUT2D eigenvalue weighted by Crippen LogP contribution is -2.36. The summed E-state index contributed by atoms with van der Waals surface area (Å²) in [4.78, 5) is 24.8. The van der Waals surface area contributed by atoms with E-state index in [-0.39, 0.29) is 10.9 Å². The van der Waals surface area contributed by atoms with E-state index >= 15 is 0 Å². The van der Waals surface area contributed by atoms with Crippen molar-refractivity contribution in [1.29, 1.82) is 0 Å². The molecule has 0 N–H and O–H groups in total. The van der Waals surface area contributed by atoms with Crippen LogP contribution in [0.2, 0.25) is 0 Å². The molecule has 0 unspecified atom stereocenters. The average molecular weight is 316 g/mol. The Labute approximate surface area is 130 Å². The summed E-state index contributed by atoms with van der Waals surface area (Å²) in [5, 5.41) is 10.7. The quantitative estimate of drug-likeness (QED) is 0.495. The van der Waals surface area contributed by atoms with Gasteiger partial charge in [-0.1, -0.05) is 23.5 Å². The predicted octanol–water partition coefficient (Wildman–Crippen LogP) is 3.10. The Balaban J connectivity index is 1.77. The van der Waals surface area contributed by atoms with Crippen LogP contribution in [0, 0.1) is 10.1 Å². The highest BCUT2D eigenvalue weighted by molar-refractivity contribution is 7.16. The maximum atomic E-state index is 12.3. The van der Waals surface area contributed by atoms with Crippen molar-refractivity contribution >= 4 is 34.0 Å². The summed E-state index contributed by atoms with van der Waals surface area (Å²) in [6.45, 7) is 0.922. The number of nitrogens with zero attached hydrogens (tertiary/aromatic N) is 2. The molecular weight excluding hydrogens is 304 g/mol. The molecule has 3 rings (SSSR count). The Morgan fingerprint density at radius 1 is 1.32 bits per heavy atom. The normalized spacial score (nSPS) is 13.7. The zero-order valence-electron chi connectivity index (χ0n) is 11.5. The number of hydrogen-bond acceptors (Lipinski definition) is 5. The van der Waals surface area contributed by atoms with Gasteiger partial charge < -0.3 is 9.64 Å². The van der Waals surface area contributed by atoms with Crippen LogP contribution in [-0.4, -0.2) is 24.0 Å². The zero-order chi connectivity index (χ0) is 15.5. The monoisotopic (exact) mass is 316 g/mol. The number of benzene rings is 1. The number of nitro groups is 1. The summed E-state index contributed by atoms with van der Waals surface area (Å²) in [6.07, 6.45) is 3.02. The van der Waals surface area contributed by atoms with Gasteiger partial charge in [-0.2, -0.15) is 0 Å². The van der Waals surface area contributed by atoms with Gasteiger partial charge in [-0.3, -0.25) is 14.9 Å². The number of ether oxygens (including phenoxy) is 1. The van der Waals surface area contributed by atoms with E-state index in [2.05, 4.69) is 0 Å². The van der Waals surface area contributed by atoms with Gasteiger partial charge in [0.05, 0.1) is 17.2 Å². The smallest absolute Gasteiger partial charge is 0.324 e. The number of fused-ring (bicyclic) bond motifs is 1. The maximum absolute atomic E-state index is 12.3. The molecular formula is C15H12N2O4S. The molecule has 7 heteroatoms. The number of carbonyl (C=O) groups is 1. The number of amides is 1. The Kier molecular flexibility index (Phi) is 3.88. The Morgan fingerprint density at radius 2 is 2.14 bits per heavy atom. The second kappa shape index (κ2) is 5.98. The summed E-state index contributed by atoms with van der Waals surface area (Å²) in [6, 6.07) is 10.4. The number of hydrogen-bond donors (Lipinski definition) is 0. The summed E-state index contributed by atoms with van der Waals surface area (Å²) >= 11 is 1.03. The standard InChI is InChI=1S/C15H12N2O4S/c18-14(7-5-11-6-8-15(22-11)17(19)20)16-9-10-21-13-4-2-1-3-12(13)16/h1-8H,9-10H2/b7-5+. The van der Waals surface area contributed by atoms with E-state index in [0.717, 1.165) is 17.0 Å². The Morgan fingerprint density at radius 3 is 2.91 bits per heavy atom. The average Bonchev–Trinajstić information content (AvgIpc) is 3.01. The highest BCUT2D eigenvalue weighted by Gasteiger charge is 2.21. The lowest BCUT2D eigenvalue weighted by molar-refractivity contribution is -0.380. The van der Waals surface area contributed by atoms with Crippen molar-refractivity contribution in [3.05, 3.63) is 57.5 Å². The molecule has 0 bridgehead atoms. The molecule has 0 aliphatic carbocycles. The molecule has 0 saturated heterocycles. The molecule has 1 aromatic carbocycles. The lowest BCUT2D eigenvalue weighted by atomic mass is 10.2. The van der Waals surface area contributed by atoms with E-state index in [0.29, 0.717) is 23.8 Å². The number of carbonyl (C=O) groups excluding carboxylic acids is 1. The van der Waals surface area contributed by atoms with Crippen LogP contribution in [0.3, 0.4) is 0 Å². The highest BCUT2D eigenvalue weighted by Crippen LogP contribution is 2.31. The lowest BCUT2D eigenvalue weighted by Gasteiger charge is -2.28. The van der Waals surface area contributed by atoms with Gasteiger partial charge in [0.15, 0.2) is 0 Å². The van der Waals surface area contributed by atoms with Crippen molar-refractivity contribution < 1.29 is 14.5 Å². The largest absolute Gasteiger partial charge is 0.490 e. The van der Waals surface area contributed by atoms with Gasteiger partial charge in [0.25, 0.3) is 5.91 Å². The van der Waals surface area contributed by atoms with Crippen LogP contribution in [0.5, 0.6) is 5.75 Å². The topological polar surface area (TPSA) is 72.7 Å². The third-order valence-electron chi connectivity index (χ3n) is 3.18. The molecule has 6 nitrogen and oxygen atoms in total. The molecule has 22 heavy (non-hydrogen) atoms. The third kappa shape index (κ3) is 2.84. The van der Waals surface area contributed by atoms with Crippen molar-refractivity contribution in [2.24, 2.45) is 0 Å². The van der Waals surface area contributed by atoms with Crippen LogP contribution in [0.4, 0.5) is 10.7 Å². The predicted molar refractivity (Wildman–Crippen MR) is 84.3 cm³/mol. The van der Waals surface area contributed by atoms with Gasteiger partial charge in [0.1, 0.15) is 12.4 Å². The fraction of sp³-hybridized carbons (Fsp3) is 0.133. The Hall–Kier alpha value is -2.67. The minimum absolute atomic E-state index is 0.0591. The first-order chi connectivity index (χ1) is 10.6. The summed E-state index contributed by atoms with van der Waals surface area (Å²) in [5.41, 5.74) is 0.737. The van der Waals surface area contributed by atoms with Crippen LogP contribution in [0.15, 0.2) is 42.5 Å². The fourth-order valence-electron chi connectivity index (χ4n) is 2.17. The van der Waals surface area contributed by atoms with Crippen molar-refractivity contribution in [1.82, 2.24) is 0 Å². The van der Waals surface area contributed by atoms with Gasteiger partial charge in [-0.25, -0.2) is 0 Å². The molecule has 1 aromatic heterocycles. The molecule has 2 heterocycles. The van der Waals surface area contributed by atoms with Gasteiger partial charge in [0.2, 0.25) is 0 Å². The second-order valence-electron chi connectivity index (χ2n) is 4.57. The zero-order valence-corrected chi connectivity index (χ0v) is 12.3. The first-order valence-electron chi connectivity index (χ1n) is 6.61. The SMILES string of the molecule is O=C(/C=C/c1ccc([N+](=O)[O-])s1)N1CCOc2ccccc21. The molecule has 2 aromatic rings. The summed E-state index contributed by atoms with van der Waals surface area (Å²) < 4.78 is 5.51. The molecule has 0 radical (unpaired) electrons. The van der Waals surface area contributed by atoms with E-state index in [1.807, 2.05) is 24.3 Å². The molecule has 0 atom stereocenters. The second-order valence-corrected chi connectivity index (χ2v) is 5.67. The molecule has 1 amide bonds. The minimum Gasteiger partial charge on any atom is -0.490 e. The first-order valence-corrected chi connectivity index (χ1v) is 7.42. The molecule has 1 aliphatic heterocycles. The summed E-state index contributed by atoms with van der Waals surface area (Å²) in [7, 11) is 0. The molecule has 0 saturated carbocycles. The molecule has 112 valence electrons. The van der Waals surface area contributed by atoms with E-state index in [1.54, 1.807) is 17.0 Å². The minimum atomic E-state index is -0.442. The number of para-hydroxylation sites is 2. The van der Waals surface area contributed by atoms with Gasteiger partial charge >= 0.3 is 5.00 Å². The van der Waals surface area contributed by atoms with Crippen LogP contribution in [-0.2, 0) is 4.79 Å². The van der Waals surface area contributed by atoms with E-state index < -0.39 is 4.92 Å². The molecule has 1 aliphatic rings. The van der Waals surface area contributed by atoms with E-state index in [4.69, 9.17) is 4.74 Å². The number of rotatable bonds is 3. The fourth-order valence-corrected chi connectivity index (χ4v) is 2.90. The third-order valence-corrected chi connectivity index (χ3v) is 4.18. The van der Waals surface area contributed by atoms with Crippen LogP contribution < -0.4 is 9.64 Å². The van der Waals surface area contributed by atoms with E-state index in [1.165, 1.54) is 12.1 Å². The molecule has 0 spiro atoms. The number of anilines is 1. The van der Waals surface area contributed by atoms with Crippen LogP contribution >= 0.6 is 11.3 Å². The van der Waals surface area contributed by atoms with E-state index in [9.17, 15) is 14.9 Å². The van der Waals surface area contributed by atoms with Crippen molar-refractivity contribution in [2.45, 2.75) is 0 Å². The van der Waals surface area contributed by atoms with Crippen LogP contribution in [0.1, 0.15) is 4.88 Å². The molecule has 0 fully saturated rings. The first kappa shape index (κ1) is 14.3. The van der Waals surface area contributed by atoms with Crippen molar-refractivity contribution in [2.75, 3.05) is 18.1 Å². The Bertz CT molecular complexity index is 754. The highest BCUT2D eigenvalue weighted by atomic mass is 32.1. The van der Waals surface area contributed by atoms with Crippen LogP contribution in [0.25, 0.3) is 6.08 Å². The van der Waals surface area contributed by atoms with Gasteiger partial charge in [-0.05, 0) is 24.3 Å². The van der Waals surface area contributed by atoms with Gasteiger partial charge in [0, 0.05) is 17.0 Å². The summed E-state index contributed by atoms with van der Waals surface area (Å²) in [5.74, 6) is 0.508. The van der Waals surface area contributed by atoms with Crippen molar-refractivity contribution in [3.63, 3.8) is 0 Å². The van der Waals surface area contributed by atoms with Crippen molar-refractivity contribution in [3.8, 4) is 5.75 Å². The number of thiophene rings is 1. The van der Waals surface area contributed by atoms with Gasteiger partial charge in [-0.15, -0.1) is 0 Å².